The van der Waals surface area contributed by atoms with Crippen molar-refractivity contribution < 1.29 is 19.5 Å². The van der Waals surface area contributed by atoms with Gasteiger partial charge in [0.15, 0.2) is 0 Å². The first-order valence-corrected chi connectivity index (χ1v) is 14.8. The Morgan fingerprint density at radius 3 is 2.29 bits per heavy atom. The van der Waals surface area contributed by atoms with E-state index >= 15 is 0 Å². The molecule has 0 aromatic rings. The Balaban J connectivity index is 1.59. The lowest BCUT2D eigenvalue weighted by Gasteiger charge is -2.70. The van der Waals surface area contributed by atoms with Gasteiger partial charge in [-0.2, -0.15) is 0 Å². The third-order valence-electron chi connectivity index (χ3n) is 12.6. The molecule has 3 fully saturated rings. The van der Waals surface area contributed by atoms with Crippen LogP contribution in [0.4, 0.5) is 0 Å². The number of allylic oxidation sites excluding steroid dienone is 5. The molecule has 0 aliphatic heterocycles. The molecule has 0 radical (unpaired) electrons. The molecule has 5 aliphatic carbocycles. The molecule has 0 heterocycles. The van der Waals surface area contributed by atoms with Gasteiger partial charge in [0.25, 0.3) is 0 Å². The average Bonchev–Trinajstić information content (AvgIpc) is 2.89. The largest absolute Gasteiger partial charge is 0.395 e. The first-order chi connectivity index (χ1) is 17.7. The van der Waals surface area contributed by atoms with Crippen molar-refractivity contribution in [3.05, 3.63) is 34.9 Å². The molecular formula is C33H47NO4. The van der Waals surface area contributed by atoms with Gasteiger partial charge in [-0.3, -0.25) is 14.4 Å². The number of Topliss-reactive ketones (excluding diaryl/α,β-unsaturated/α-hetero) is 1. The number of nitrogens with one attached hydrogen (secondary N) is 1. The predicted molar refractivity (Wildman–Crippen MR) is 149 cm³/mol. The fourth-order valence-electron chi connectivity index (χ4n) is 9.51. The van der Waals surface area contributed by atoms with Crippen molar-refractivity contribution in [1.29, 1.82) is 0 Å². The monoisotopic (exact) mass is 521 g/mol. The molecule has 5 nitrogen and oxygen atoms in total. The number of hydrogen-bond acceptors (Lipinski definition) is 4. The molecule has 7 atom stereocenters. The molecule has 38 heavy (non-hydrogen) atoms. The number of hydrogen-bond donors (Lipinski definition) is 2. The van der Waals surface area contributed by atoms with Crippen LogP contribution in [0.2, 0.25) is 0 Å². The van der Waals surface area contributed by atoms with Gasteiger partial charge in [0, 0.05) is 17.4 Å². The van der Waals surface area contributed by atoms with Crippen LogP contribution in [0, 0.1) is 38.4 Å². The molecule has 2 N–H and O–H groups in total. The highest BCUT2D eigenvalue weighted by Gasteiger charge is 2.67. The number of carbonyl (C=O) groups excluding carboxylic acids is 3. The van der Waals surface area contributed by atoms with Crippen molar-refractivity contribution in [2.75, 3.05) is 13.2 Å². The summed E-state index contributed by atoms with van der Waals surface area (Å²) in [6.45, 7) is 16.0. The third kappa shape index (κ3) is 3.36. The number of aliphatic hydroxyl groups excluding tert-OH is 1. The smallest absolute Gasteiger partial charge is 0.225 e. The molecule has 3 saturated carbocycles. The number of aliphatic hydroxyl groups is 1. The molecule has 5 rings (SSSR count). The van der Waals surface area contributed by atoms with Gasteiger partial charge in [-0.1, -0.05) is 59.3 Å². The number of ketones is 2. The Hall–Kier alpha value is -2.01. The van der Waals surface area contributed by atoms with Gasteiger partial charge < -0.3 is 10.4 Å². The number of fused-ring (bicyclic) bond motifs is 7. The molecule has 208 valence electrons. The Bertz CT molecular complexity index is 1200. The second kappa shape index (κ2) is 8.49. The maximum absolute atomic E-state index is 13.4. The molecule has 0 spiro atoms. The topological polar surface area (TPSA) is 83.5 Å². The first kappa shape index (κ1) is 27.6. The average molecular weight is 522 g/mol. The molecule has 0 bridgehead atoms. The summed E-state index contributed by atoms with van der Waals surface area (Å²) in [5.74, 6) is -0.381. The Kier molecular flexibility index (Phi) is 6.16. The highest BCUT2D eigenvalue weighted by atomic mass is 16.3. The van der Waals surface area contributed by atoms with Gasteiger partial charge in [0.05, 0.1) is 12.0 Å². The summed E-state index contributed by atoms with van der Waals surface area (Å²) >= 11 is 0. The summed E-state index contributed by atoms with van der Waals surface area (Å²) in [6.07, 6.45) is 13.8. The maximum atomic E-state index is 13.4. The minimum absolute atomic E-state index is 0.0126. The Labute approximate surface area is 228 Å². The summed E-state index contributed by atoms with van der Waals surface area (Å²) in [4.78, 5) is 39.1. The zero-order valence-electron chi connectivity index (χ0n) is 24.6. The van der Waals surface area contributed by atoms with Crippen LogP contribution in [0.5, 0.6) is 0 Å². The van der Waals surface area contributed by atoms with Crippen LogP contribution in [-0.2, 0) is 14.4 Å². The van der Waals surface area contributed by atoms with Crippen molar-refractivity contribution in [3.63, 3.8) is 0 Å². The number of rotatable bonds is 4. The highest BCUT2D eigenvalue weighted by Crippen LogP contribution is 2.75. The first-order valence-electron chi connectivity index (χ1n) is 14.8. The molecule has 0 aromatic carbocycles. The van der Waals surface area contributed by atoms with Crippen molar-refractivity contribution in [1.82, 2.24) is 5.32 Å². The van der Waals surface area contributed by atoms with E-state index < -0.39 is 17.0 Å². The molecule has 5 aliphatic rings. The minimum atomic E-state index is -1.18. The van der Waals surface area contributed by atoms with Gasteiger partial charge in [-0.05, 0) is 97.7 Å². The van der Waals surface area contributed by atoms with Crippen LogP contribution in [0.3, 0.4) is 0 Å². The van der Waals surface area contributed by atoms with Crippen LogP contribution in [0.1, 0.15) is 99.8 Å². The summed E-state index contributed by atoms with van der Waals surface area (Å²) < 4.78 is 0. The zero-order chi connectivity index (χ0) is 27.9. The highest BCUT2D eigenvalue weighted by molar-refractivity contribution is 6.45. The van der Waals surface area contributed by atoms with Crippen LogP contribution in [-0.4, -0.2) is 35.7 Å². The summed E-state index contributed by atoms with van der Waals surface area (Å²) in [7, 11) is 0. The van der Waals surface area contributed by atoms with Gasteiger partial charge in [0.1, 0.15) is 0 Å². The Morgan fingerprint density at radius 1 is 0.947 bits per heavy atom. The van der Waals surface area contributed by atoms with Crippen LogP contribution < -0.4 is 5.32 Å². The Morgan fingerprint density at radius 2 is 1.63 bits per heavy atom. The zero-order valence-corrected chi connectivity index (χ0v) is 24.6. The van der Waals surface area contributed by atoms with E-state index in [1.165, 1.54) is 5.57 Å². The van der Waals surface area contributed by atoms with Crippen LogP contribution in [0.25, 0.3) is 0 Å². The maximum Gasteiger partial charge on any atom is 0.225 e. The summed E-state index contributed by atoms with van der Waals surface area (Å²) in [5, 5.41) is 13.5. The quantitative estimate of drug-likeness (QED) is 0.453. The van der Waals surface area contributed by atoms with E-state index in [2.05, 4.69) is 52.9 Å². The van der Waals surface area contributed by atoms with E-state index in [0.29, 0.717) is 5.92 Å². The van der Waals surface area contributed by atoms with E-state index in [1.54, 1.807) is 13.0 Å². The van der Waals surface area contributed by atoms with E-state index in [0.717, 1.165) is 69.1 Å². The third-order valence-corrected chi connectivity index (χ3v) is 12.6. The summed E-state index contributed by atoms with van der Waals surface area (Å²) in [5.41, 5.74) is 1.35. The van der Waals surface area contributed by atoms with Gasteiger partial charge in [-0.15, -0.1) is 0 Å². The van der Waals surface area contributed by atoms with Gasteiger partial charge in [-0.25, -0.2) is 0 Å². The normalized spacial score (nSPS) is 46.0. The molecular weight excluding hydrogens is 474 g/mol. The molecule has 1 amide bonds. The van der Waals surface area contributed by atoms with Crippen molar-refractivity contribution in [3.8, 4) is 0 Å². The minimum Gasteiger partial charge on any atom is -0.395 e. The van der Waals surface area contributed by atoms with E-state index in [4.69, 9.17) is 0 Å². The molecule has 0 saturated heterocycles. The van der Waals surface area contributed by atoms with Gasteiger partial charge in [0.2, 0.25) is 17.5 Å². The number of carbonyl (C=O) groups is 3. The lowest BCUT2D eigenvalue weighted by atomic mass is 9.34. The fourth-order valence-corrected chi connectivity index (χ4v) is 9.51. The van der Waals surface area contributed by atoms with E-state index in [9.17, 15) is 19.5 Å². The van der Waals surface area contributed by atoms with Crippen LogP contribution in [0.15, 0.2) is 34.9 Å². The van der Waals surface area contributed by atoms with Crippen LogP contribution >= 0.6 is 0 Å². The second-order valence-corrected chi connectivity index (χ2v) is 14.7. The van der Waals surface area contributed by atoms with Crippen molar-refractivity contribution in [2.24, 2.45) is 38.4 Å². The van der Waals surface area contributed by atoms with E-state index in [-0.39, 0.29) is 39.6 Å². The lowest BCUT2D eigenvalue weighted by molar-refractivity contribution is -0.169. The fraction of sp³-hybridized carbons (Fsp3) is 0.727. The number of amides is 1. The molecule has 0 aromatic heterocycles. The molecule has 0 unspecified atom stereocenters. The molecule has 5 heteroatoms. The second-order valence-electron chi connectivity index (χ2n) is 14.7. The SMILES string of the molecule is CCCNC(=O)[C@]1(C)CC[C@]2(C)CC[C@]3(C)C4=CC=C5C(=CC(=O)C(=O)[C@@]5(C)CO)[C@]4(C)CC[C@@]3(C)[C@@H]2C1. The lowest BCUT2D eigenvalue weighted by Crippen LogP contribution is -2.63. The standard InChI is InChI=1S/C33H47NO4/c1-8-17-34-27(38)29(3)12-11-28(2)13-15-32(6)24-10-9-21-22(18-23(36)26(37)31(21,5)20-35)30(24,4)14-16-33(32,7)25(28)19-29/h9-10,18,25,35H,8,11-17,19-20H2,1-7H3,(H,34,38)/t25-,28-,29-,30+,31+,32-,33+/m1/s1. The van der Waals surface area contributed by atoms with Gasteiger partial charge >= 0.3 is 0 Å². The van der Waals surface area contributed by atoms with E-state index in [1.807, 2.05) is 6.08 Å². The summed E-state index contributed by atoms with van der Waals surface area (Å²) in [6, 6.07) is 0. The van der Waals surface area contributed by atoms with Crippen molar-refractivity contribution >= 4 is 17.5 Å². The predicted octanol–water partition coefficient (Wildman–Crippen LogP) is 5.88. The van der Waals surface area contributed by atoms with Crippen molar-refractivity contribution in [2.45, 2.75) is 99.8 Å².